The first-order chi connectivity index (χ1) is 22.3. The number of carboxylic acids is 1. The van der Waals surface area contributed by atoms with E-state index in [9.17, 15) is 23.1 Å². The Bertz CT molecular complexity index is 1900. The molecule has 0 spiro atoms. The number of hydrogen-bond donors (Lipinski definition) is 3. The number of fused-ring (bicyclic) bond motifs is 2. The van der Waals surface area contributed by atoms with Crippen molar-refractivity contribution >= 4 is 33.5 Å². The smallest absolute Gasteiger partial charge is 0.337 e. The molecule has 0 saturated carbocycles. The Morgan fingerprint density at radius 2 is 1.60 bits per heavy atom. The molecule has 2 atom stereocenters. The third-order valence-electron chi connectivity index (χ3n) is 9.14. The molecule has 3 N–H and O–H groups in total. The average molecular weight is 656 g/mol. The van der Waals surface area contributed by atoms with Crippen LogP contribution in [-0.4, -0.2) is 51.7 Å². The number of aromatic nitrogens is 2. The Morgan fingerprint density at radius 3 is 2.26 bits per heavy atom. The van der Waals surface area contributed by atoms with Gasteiger partial charge in [-0.15, -0.1) is 0 Å². The zero-order chi connectivity index (χ0) is 33.5. The van der Waals surface area contributed by atoms with Crippen molar-refractivity contribution in [1.29, 1.82) is 0 Å². The summed E-state index contributed by atoms with van der Waals surface area (Å²) in [5.41, 5.74) is 4.15. The molecule has 3 aromatic carbocycles. The molecule has 2 amide bonds. The number of benzene rings is 3. The standard InChI is InChI=1S/C36H41N5O5S/c1-23-12-14-27(15-13-23)40-33(22-32(39-40)36(2,3)4)38-35(44)37-26-9-7-8-24(19-26)18-25-20-28-16-17-29(21-25)41(28)47(45,46)31-11-6-5-10-30(31)34(42)43/h5-15,19,22,25,28-29H,16-18,20-21H2,1-4H3,(H,42,43)(H2,37,38,44). The number of nitrogens with zero attached hydrogens (tertiary/aromatic N) is 3. The fourth-order valence-corrected chi connectivity index (χ4v) is 8.97. The minimum Gasteiger partial charge on any atom is -0.478 e. The Balaban J connectivity index is 1.13. The van der Waals surface area contributed by atoms with Gasteiger partial charge in [-0.2, -0.15) is 9.40 Å². The third-order valence-corrected chi connectivity index (χ3v) is 11.2. The van der Waals surface area contributed by atoms with Gasteiger partial charge in [-0.1, -0.05) is 62.7 Å². The minimum absolute atomic E-state index is 0.142. The molecule has 0 radical (unpaired) electrons. The van der Waals surface area contributed by atoms with E-state index in [2.05, 4.69) is 31.4 Å². The zero-order valence-electron chi connectivity index (χ0n) is 27.1. The van der Waals surface area contributed by atoms with Gasteiger partial charge in [-0.25, -0.2) is 22.7 Å². The summed E-state index contributed by atoms with van der Waals surface area (Å²) < 4.78 is 30.7. The van der Waals surface area contributed by atoms with E-state index < -0.39 is 16.0 Å². The van der Waals surface area contributed by atoms with Gasteiger partial charge in [0.25, 0.3) is 0 Å². The second-order valence-electron chi connectivity index (χ2n) is 13.8. The molecule has 2 bridgehead atoms. The number of carboxylic acid groups (broad SMARTS) is 1. The first-order valence-electron chi connectivity index (χ1n) is 16.0. The first-order valence-corrected chi connectivity index (χ1v) is 17.4. The van der Waals surface area contributed by atoms with Crippen LogP contribution >= 0.6 is 0 Å². The molecule has 47 heavy (non-hydrogen) atoms. The summed E-state index contributed by atoms with van der Waals surface area (Å²) in [6.45, 7) is 8.26. The van der Waals surface area contributed by atoms with E-state index in [1.165, 1.54) is 12.1 Å². The summed E-state index contributed by atoms with van der Waals surface area (Å²) in [6.07, 6.45) is 3.66. The lowest BCUT2D eigenvalue weighted by atomic mass is 9.87. The van der Waals surface area contributed by atoms with Crippen molar-refractivity contribution in [3.63, 3.8) is 0 Å². The lowest BCUT2D eigenvalue weighted by Gasteiger charge is -2.38. The number of sulfonamides is 1. The van der Waals surface area contributed by atoms with Gasteiger partial charge >= 0.3 is 12.0 Å². The highest BCUT2D eigenvalue weighted by Crippen LogP contribution is 2.43. The van der Waals surface area contributed by atoms with Crippen molar-refractivity contribution in [2.45, 2.75) is 82.2 Å². The third kappa shape index (κ3) is 6.82. The number of carbonyl (C=O) groups excluding carboxylic acids is 1. The Morgan fingerprint density at radius 1 is 0.915 bits per heavy atom. The zero-order valence-corrected chi connectivity index (χ0v) is 27.9. The number of nitrogens with one attached hydrogen (secondary N) is 2. The molecule has 10 nitrogen and oxygen atoms in total. The van der Waals surface area contributed by atoms with Crippen LogP contribution in [0.1, 0.15) is 73.6 Å². The van der Waals surface area contributed by atoms with Gasteiger partial charge in [0.05, 0.1) is 21.8 Å². The van der Waals surface area contributed by atoms with Gasteiger partial charge < -0.3 is 10.4 Å². The topological polar surface area (TPSA) is 134 Å². The minimum atomic E-state index is -3.95. The fraction of sp³-hybridized carbons (Fsp3) is 0.361. The summed E-state index contributed by atoms with van der Waals surface area (Å²) in [7, 11) is -3.95. The molecule has 246 valence electrons. The van der Waals surface area contributed by atoms with Gasteiger partial charge in [0, 0.05) is 29.3 Å². The molecule has 6 rings (SSSR count). The number of carbonyl (C=O) groups is 2. The molecular weight excluding hydrogens is 614 g/mol. The van der Waals surface area contributed by atoms with Gasteiger partial charge in [-0.05, 0) is 86.9 Å². The van der Waals surface area contributed by atoms with E-state index in [0.717, 1.165) is 41.8 Å². The van der Waals surface area contributed by atoms with Gasteiger partial charge in [0.1, 0.15) is 5.82 Å². The maximum absolute atomic E-state index is 13.7. The number of piperidine rings is 1. The first kappa shape index (κ1) is 32.5. The molecule has 4 aromatic rings. The summed E-state index contributed by atoms with van der Waals surface area (Å²) in [4.78, 5) is 24.9. The van der Waals surface area contributed by atoms with Crippen LogP contribution < -0.4 is 10.6 Å². The van der Waals surface area contributed by atoms with Crippen molar-refractivity contribution in [3.8, 4) is 5.69 Å². The molecule has 2 saturated heterocycles. The molecule has 3 heterocycles. The summed E-state index contributed by atoms with van der Waals surface area (Å²) >= 11 is 0. The van der Waals surface area contributed by atoms with Crippen molar-refractivity contribution in [2.24, 2.45) is 5.92 Å². The normalized spacial score (nSPS) is 19.8. The average Bonchev–Trinajstić information content (AvgIpc) is 3.56. The predicted octanol–water partition coefficient (Wildman–Crippen LogP) is 6.99. The van der Waals surface area contributed by atoms with Crippen LogP contribution in [0.4, 0.5) is 16.3 Å². The van der Waals surface area contributed by atoms with Crippen molar-refractivity contribution in [3.05, 3.63) is 101 Å². The van der Waals surface area contributed by atoms with E-state index in [0.29, 0.717) is 24.3 Å². The SMILES string of the molecule is Cc1ccc(-n2nc(C(C)(C)C)cc2NC(=O)Nc2cccc(CC3CC4CCC(C3)N4S(=O)(=O)c3ccccc3C(=O)O)c2)cc1. The summed E-state index contributed by atoms with van der Waals surface area (Å²) in [6, 6.07) is 22.7. The van der Waals surface area contributed by atoms with E-state index in [-0.39, 0.29) is 39.9 Å². The summed E-state index contributed by atoms with van der Waals surface area (Å²) in [5.74, 6) is -0.423. The van der Waals surface area contributed by atoms with E-state index >= 15 is 0 Å². The lowest BCUT2D eigenvalue weighted by molar-refractivity contribution is 0.0692. The molecule has 1 aromatic heterocycles. The Hall–Kier alpha value is -4.48. The number of hydrogen-bond acceptors (Lipinski definition) is 5. The highest BCUT2D eigenvalue weighted by molar-refractivity contribution is 7.89. The highest BCUT2D eigenvalue weighted by Gasteiger charge is 2.47. The second kappa shape index (κ2) is 12.6. The number of anilines is 2. The van der Waals surface area contributed by atoms with Crippen LogP contribution in [0.3, 0.4) is 0 Å². The molecule has 11 heteroatoms. The molecule has 2 fully saturated rings. The maximum Gasteiger partial charge on any atom is 0.337 e. The molecule has 2 aliphatic heterocycles. The predicted molar refractivity (Wildman–Crippen MR) is 182 cm³/mol. The van der Waals surface area contributed by atoms with Crippen molar-refractivity contribution < 1.29 is 23.1 Å². The molecule has 2 unspecified atom stereocenters. The van der Waals surface area contributed by atoms with Gasteiger partial charge in [-0.3, -0.25) is 5.32 Å². The van der Waals surface area contributed by atoms with Crippen LogP contribution in [-0.2, 0) is 21.9 Å². The highest BCUT2D eigenvalue weighted by atomic mass is 32.2. The fourth-order valence-electron chi connectivity index (χ4n) is 6.90. The monoisotopic (exact) mass is 655 g/mol. The van der Waals surface area contributed by atoms with Crippen LogP contribution in [0.5, 0.6) is 0 Å². The Kier molecular flexibility index (Phi) is 8.71. The largest absolute Gasteiger partial charge is 0.478 e. The van der Waals surface area contributed by atoms with Crippen molar-refractivity contribution in [1.82, 2.24) is 14.1 Å². The van der Waals surface area contributed by atoms with Crippen molar-refractivity contribution in [2.75, 3.05) is 10.6 Å². The van der Waals surface area contributed by atoms with Gasteiger partial charge in [0.2, 0.25) is 10.0 Å². The quantitative estimate of drug-likeness (QED) is 0.187. The van der Waals surface area contributed by atoms with Crippen LogP contribution in [0, 0.1) is 12.8 Å². The van der Waals surface area contributed by atoms with E-state index in [1.54, 1.807) is 21.1 Å². The summed E-state index contributed by atoms with van der Waals surface area (Å²) in [5, 5.41) is 20.4. The van der Waals surface area contributed by atoms with Crippen LogP contribution in [0.25, 0.3) is 5.69 Å². The van der Waals surface area contributed by atoms with Gasteiger partial charge in [0.15, 0.2) is 0 Å². The lowest BCUT2D eigenvalue weighted by Crippen LogP contribution is -2.47. The van der Waals surface area contributed by atoms with E-state index in [4.69, 9.17) is 5.10 Å². The molecule has 2 aliphatic rings. The molecule has 0 aliphatic carbocycles. The number of aromatic carboxylic acids is 1. The second-order valence-corrected chi connectivity index (χ2v) is 15.6. The van der Waals surface area contributed by atoms with Crippen LogP contribution in [0.15, 0.2) is 83.8 Å². The number of aryl methyl sites for hydroxylation is 1. The molecular formula is C36H41N5O5S. The van der Waals surface area contributed by atoms with E-state index in [1.807, 2.05) is 61.5 Å². The van der Waals surface area contributed by atoms with Crippen LogP contribution in [0.2, 0.25) is 0 Å². The Labute approximate surface area is 275 Å². The maximum atomic E-state index is 13.7. The number of rotatable bonds is 8. The number of amides is 2. The number of urea groups is 1.